The van der Waals surface area contributed by atoms with Crippen molar-refractivity contribution in [2.75, 3.05) is 34.0 Å². The summed E-state index contributed by atoms with van der Waals surface area (Å²) in [5, 5.41) is 0. The Morgan fingerprint density at radius 2 is 1.67 bits per heavy atom. The molecule has 0 aromatic heterocycles. The fourth-order valence-corrected chi connectivity index (χ4v) is 6.60. The Kier molecular flexibility index (Phi) is 8.14. The van der Waals surface area contributed by atoms with Crippen molar-refractivity contribution in [2.45, 2.75) is 31.7 Å². The van der Waals surface area contributed by atoms with E-state index in [0.717, 1.165) is 11.1 Å². The highest BCUT2D eigenvalue weighted by Crippen LogP contribution is 2.63. The molecule has 0 amide bonds. The first-order chi connectivity index (χ1) is 15.9. The van der Waals surface area contributed by atoms with Gasteiger partial charge in [0, 0.05) is 6.54 Å². The predicted molar refractivity (Wildman–Crippen MR) is 127 cm³/mol. The topological polar surface area (TPSA) is 74.3 Å². The molecule has 3 rings (SSSR count). The van der Waals surface area contributed by atoms with Crippen LogP contribution >= 0.6 is 7.75 Å². The number of esters is 1. The van der Waals surface area contributed by atoms with Crippen molar-refractivity contribution >= 4 is 13.7 Å². The number of carbonyl (C=O) groups excluding carboxylic acids is 1. The van der Waals surface area contributed by atoms with Crippen LogP contribution in [0.5, 0.6) is 5.75 Å². The molecule has 2 atom stereocenters. The van der Waals surface area contributed by atoms with E-state index in [9.17, 15) is 9.36 Å². The minimum atomic E-state index is -3.78. The second-order valence-electron chi connectivity index (χ2n) is 7.83. The van der Waals surface area contributed by atoms with Crippen molar-refractivity contribution in [1.29, 1.82) is 0 Å². The summed E-state index contributed by atoms with van der Waals surface area (Å²) in [5.74, 6) is 0.211. The lowest BCUT2D eigenvalue weighted by Gasteiger charge is -2.50. The van der Waals surface area contributed by atoms with Crippen LogP contribution in [0.2, 0.25) is 0 Å². The van der Waals surface area contributed by atoms with E-state index in [1.807, 2.05) is 42.5 Å². The highest BCUT2D eigenvalue weighted by molar-refractivity contribution is 7.51. The number of rotatable bonds is 9. The van der Waals surface area contributed by atoms with Crippen molar-refractivity contribution < 1.29 is 27.9 Å². The van der Waals surface area contributed by atoms with Gasteiger partial charge in [0.1, 0.15) is 11.2 Å². The maximum absolute atomic E-state index is 14.1. The summed E-state index contributed by atoms with van der Waals surface area (Å²) in [7, 11) is -0.831. The molecule has 33 heavy (non-hydrogen) atoms. The van der Waals surface area contributed by atoms with Crippen LogP contribution in [0, 0.1) is 0 Å². The van der Waals surface area contributed by atoms with E-state index >= 15 is 0 Å². The minimum Gasteiger partial charge on any atom is -0.497 e. The molecule has 1 aliphatic rings. The smallest absolute Gasteiger partial charge is 0.409 e. The second-order valence-corrected chi connectivity index (χ2v) is 9.80. The Hall–Kier alpha value is -2.44. The van der Waals surface area contributed by atoms with Gasteiger partial charge in [0.15, 0.2) is 0 Å². The largest absolute Gasteiger partial charge is 0.497 e. The Morgan fingerprint density at radius 1 is 1.06 bits per heavy atom. The summed E-state index contributed by atoms with van der Waals surface area (Å²) < 4.78 is 37.9. The molecule has 0 radical (unpaired) electrons. The number of methoxy groups -OCH3 is 2. The van der Waals surface area contributed by atoms with Gasteiger partial charge in [-0.3, -0.25) is 13.8 Å². The van der Waals surface area contributed by atoms with E-state index in [2.05, 4.69) is 6.58 Å². The Bertz CT molecular complexity index is 999. The zero-order chi connectivity index (χ0) is 24.1. The van der Waals surface area contributed by atoms with Crippen molar-refractivity contribution in [3.8, 4) is 5.75 Å². The molecule has 0 aliphatic carbocycles. The lowest BCUT2D eigenvalue weighted by molar-refractivity contribution is -0.151. The summed E-state index contributed by atoms with van der Waals surface area (Å²) in [6.07, 6.45) is 0.320. The number of nitrogens with zero attached hydrogens (tertiary/aromatic N) is 1. The molecule has 7 nitrogen and oxygen atoms in total. The van der Waals surface area contributed by atoms with E-state index in [4.69, 9.17) is 18.5 Å². The highest BCUT2D eigenvalue weighted by Gasteiger charge is 2.58. The fourth-order valence-electron chi connectivity index (χ4n) is 4.59. The van der Waals surface area contributed by atoms with E-state index in [1.165, 1.54) is 7.11 Å². The van der Waals surface area contributed by atoms with Gasteiger partial charge in [0.2, 0.25) is 0 Å². The molecule has 1 heterocycles. The Morgan fingerprint density at radius 3 is 2.18 bits per heavy atom. The number of benzene rings is 2. The average Bonchev–Trinajstić information content (AvgIpc) is 2.83. The first-order valence-corrected chi connectivity index (χ1v) is 12.5. The van der Waals surface area contributed by atoms with Gasteiger partial charge in [-0.1, -0.05) is 54.6 Å². The summed E-state index contributed by atoms with van der Waals surface area (Å²) in [5.41, 5.74) is 0.991. The zero-order valence-electron chi connectivity index (χ0n) is 19.7. The number of ether oxygens (including phenoxy) is 2. The molecule has 178 valence electrons. The lowest BCUT2D eigenvalue weighted by Crippen LogP contribution is -2.53. The standard InChI is InChI=1S/C25H32NO6P/c1-6-31-33(28,32-7-2)26-18-19(3)17-25(24(27)30-5,21-13-15-22(29-4)16-14-21)23(26)20-11-9-8-10-12-20/h8-16,23H,3,6-7,17-18H2,1-2,4-5H3/t23-,25+/m0/s1. The van der Waals surface area contributed by atoms with Gasteiger partial charge < -0.3 is 9.47 Å². The van der Waals surface area contributed by atoms with Crippen LogP contribution in [-0.2, 0) is 28.6 Å². The van der Waals surface area contributed by atoms with Crippen LogP contribution in [0.15, 0.2) is 66.7 Å². The van der Waals surface area contributed by atoms with Gasteiger partial charge in [0.25, 0.3) is 0 Å². The molecule has 1 aliphatic heterocycles. The highest BCUT2D eigenvalue weighted by atomic mass is 31.2. The van der Waals surface area contributed by atoms with Gasteiger partial charge in [-0.15, -0.1) is 0 Å². The average molecular weight is 474 g/mol. The second kappa shape index (κ2) is 10.7. The number of hydrogen-bond donors (Lipinski definition) is 0. The van der Waals surface area contributed by atoms with Gasteiger partial charge in [-0.2, -0.15) is 4.67 Å². The van der Waals surface area contributed by atoms with Crippen molar-refractivity contribution in [3.05, 3.63) is 77.9 Å². The molecule has 2 aromatic carbocycles. The van der Waals surface area contributed by atoms with Gasteiger partial charge in [-0.05, 0) is 43.5 Å². The maximum Gasteiger partial charge on any atom is 0.409 e. The van der Waals surface area contributed by atoms with Gasteiger partial charge >= 0.3 is 13.7 Å². The van der Waals surface area contributed by atoms with Crippen LogP contribution in [0.3, 0.4) is 0 Å². The normalized spacial score (nSPS) is 21.6. The van der Waals surface area contributed by atoms with Crippen LogP contribution in [-0.4, -0.2) is 44.6 Å². The van der Waals surface area contributed by atoms with Crippen molar-refractivity contribution in [2.24, 2.45) is 0 Å². The van der Waals surface area contributed by atoms with Crippen molar-refractivity contribution in [1.82, 2.24) is 4.67 Å². The van der Waals surface area contributed by atoms with Crippen LogP contribution < -0.4 is 4.74 Å². The number of carbonyl (C=O) groups is 1. The molecular weight excluding hydrogens is 441 g/mol. The molecular formula is C25H32NO6P. The summed E-state index contributed by atoms with van der Waals surface area (Å²) >= 11 is 0. The third kappa shape index (κ3) is 4.78. The first kappa shape index (κ1) is 25.2. The quantitative estimate of drug-likeness (QED) is 0.278. The summed E-state index contributed by atoms with van der Waals surface area (Å²) in [4.78, 5) is 13.7. The molecule has 1 fully saturated rings. The molecule has 8 heteroatoms. The molecule has 0 N–H and O–H groups in total. The summed E-state index contributed by atoms with van der Waals surface area (Å²) in [6, 6.07) is 16.1. The third-order valence-electron chi connectivity index (χ3n) is 5.85. The van der Waals surface area contributed by atoms with Gasteiger partial charge in [0.05, 0.1) is 33.5 Å². The Labute approximate surface area is 195 Å². The van der Waals surface area contributed by atoms with E-state index < -0.39 is 25.2 Å². The maximum atomic E-state index is 14.1. The lowest BCUT2D eigenvalue weighted by atomic mass is 9.66. The molecule has 0 saturated carbocycles. The van der Waals surface area contributed by atoms with E-state index in [-0.39, 0.29) is 19.8 Å². The van der Waals surface area contributed by atoms with Crippen molar-refractivity contribution in [3.63, 3.8) is 0 Å². The minimum absolute atomic E-state index is 0.190. The molecule has 0 bridgehead atoms. The number of piperidine rings is 1. The fraction of sp³-hybridized carbons (Fsp3) is 0.400. The SMILES string of the molecule is C=C1CN(P(=O)(OCC)OCC)[C@@H](c2ccccc2)[C@](C(=O)OC)(c2ccc(OC)cc2)C1. The molecule has 2 aromatic rings. The molecule has 1 saturated heterocycles. The zero-order valence-corrected chi connectivity index (χ0v) is 20.5. The monoisotopic (exact) mass is 473 g/mol. The third-order valence-corrected chi connectivity index (χ3v) is 8.02. The number of hydrogen-bond acceptors (Lipinski definition) is 6. The van der Waals surface area contributed by atoms with Gasteiger partial charge in [-0.25, -0.2) is 4.57 Å². The van der Waals surface area contributed by atoms with E-state index in [1.54, 1.807) is 37.8 Å². The first-order valence-electron chi connectivity index (χ1n) is 11.0. The summed E-state index contributed by atoms with van der Waals surface area (Å²) in [6.45, 7) is 8.35. The molecule has 0 spiro atoms. The van der Waals surface area contributed by atoms with Crippen LogP contribution in [0.1, 0.15) is 37.4 Å². The van der Waals surface area contributed by atoms with Crippen LogP contribution in [0.4, 0.5) is 0 Å². The molecule has 0 unspecified atom stereocenters. The van der Waals surface area contributed by atoms with E-state index in [0.29, 0.717) is 17.7 Å². The Balaban J connectivity index is 2.33. The van der Waals surface area contributed by atoms with Crippen LogP contribution in [0.25, 0.3) is 0 Å². The predicted octanol–water partition coefficient (Wildman–Crippen LogP) is 5.29.